The molecule has 6 atom stereocenters. The number of allylic oxidation sites excluding steroid dienone is 2. The largest absolute Gasteiger partial charge is 0.508 e. The van der Waals surface area contributed by atoms with Crippen molar-refractivity contribution in [3.05, 3.63) is 59.7 Å². The van der Waals surface area contributed by atoms with E-state index in [1.54, 1.807) is 29.2 Å². The number of likely N-dealkylation sites (tertiary alicyclic amines) is 1. The minimum atomic E-state index is -1.24. The van der Waals surface area contributed by atoms with Gasteiger partial charge >= 0.3 is 0 Å². The lowest BCUT2D eigenvalue weighted by atomic mass is 9.51. The summed E-state index contributed by atoms with van der Waals surface area (Å²) in [6.07, 6.45) is 7.46. The normalized spacial score (nSPS) is 31.9. The zero-order chi connectivity index (χ0) is 30.9. The first kappa shape index (κ1) is 28.6. The molecule has 2 saturated heterocycles. The minimum Gasteiger partial charge on any atom is -0.508 e. The van der Waals surface area contributed by atoms with Crippen molar-refractivity contribution < 1.29 is 33.8 Å². The number of imide groups is 2. The van der Waals surface area contributed by atoms with Crippen LogP contribution >= 0.6 is 0 Å². The number of nitrogens with zero attached hydrogens (tertiary/aromatic N) is 2. The number of phenols is 1. The summed E-state index contributed by atoms with van der Waals surface area (Å²) >= 11 is 0. The Labute approximate surface area is 256 Å². The maximum Gasteiger partial charge on any atom is 0.241 e. The molecule has 3 aliphatic carbocycles. The minimum absolute atomic E-state index is 0.0615. The maximum atomic E-state index is 14.6. The van der Waals surface area contributed by atoms with Gasteiger partial charge in [0.25, 0.3) is 0 Å². The number of ether oxygens (including phenoxy) is 2. The van der Waals surface area contributed by atoms with E-state index in [1.807, 2.05) is 19.1 Å². The first-order valence-corrected chi connectivity index (χ1v) is 15.7. The van der Waals surface area contributed by atoms with Crippen molar-refractivity contribution in [2.24, 2.45) is 29.1 Å². The summed E-state index contributed by atoms with van der Waals surface area (Å²) in [6.45, 7) is 1.83. The summed E-state index contributed by atoms with van der Waals surface area (Å²) in [5, 5.41) is 10.5. The number of fused-ring (bicyclic) bond motifs is 4. The summed E-state index contributed by atoms with van der Waals surface area (Å²) < 4.78 is 11.6. The van der Waals surface area contributed by atoms with Gasteiger partial charge in [-0.05, 0) is 50.7 Å². The molecular formula is C35H38N2O7. The third kappa shape index (κ3) is 3.90. The zero-order valence-electron chi connectivity index (χ0n) is 25.3. The summed E-state index contributed by atoms with van der Waals surface area (Å²) in [6, 6.07) is 11.8. The molecule has 7 rings (SSSR count). The Bertz CT molecular complexity index is 1550. The van der Waals surface area contributed by atoms with Crippen molar-refractivity contribution >= 4 is 29.3 Å². The van der Waals surface area contributed by atoms with Gasteiger partial charge in [-0.1, -0.05) is 49.1 Å². The molecule has 2 aromatic rings. The van der Waals surface area contributed by atoms with Gasteiger partial charge in [-0.25, -0.2) is 4.90 Å². The van der Waals surface area contributed by atoms with Gasteiger partial charge < -0.3 is 14.6 Å². The van der Waals surface area contributed by atoms with Crippen molar-refractivity contribution in [2.75, 3.05) is 19.1 Å². The second-order valence-corrected chi connectivity index (χ2v) is 13.1. The van der Waals surface area contributed by atoms with Gasteiger partial charge in [0.05, 0.1) is 43.1 Å². The van der Waals surface area contributed by atoms with E-state index >= 15 is 0 Å². The number of phenolic OH excluding ortho intramolecular Hbond substituents is 1. The van der Waals surface area contributed by atoms with E-state index in [4.69, 9.17) is 9.47 Å². The van der Waals surface area contributed by atoms with Crippen LogP contribution in [0.2, 0.25) is 0 Å². The Morgan fingerprint density at radius 2 is 1.52 bits per heavy atom. The van der Waals surface area contributed by atoms with Crippen LogP contribution in [0.5, 0.6) is 17.2 Å². The quantitative estimate of drug-likeness (QED) is 0.382. The van der Waals surface area contributed by atoms with Crippen molar-refractivity contribution in [2.45, 2.75) is 63.8 Å². The molecule has 230 valence electrons. The molecule has 44 heavy (non-hydrogen) atoms. The molecule has 9 nitrogen and oxygen atoms in total. The third-order valence-electron chi connectivity index (χ3n) is 11.1. The third-order valence-corrected chi connectivity index (χ3v) is 11.1. The molecule has 9 heteroatoms. The highest BCUT2D eigenvalue weighted by Crippen LogP contribution is 2.65. The number of para-hydroxylation sites is 1. The predicted molar refractivity (Wildman–Crippen MR) is 161 cm³/mol. The van der Waals surface area contributed by atoms with Crippen LogP contribution in [0.25, 0.3) is 0 Å². The topological polar surface area (TPSA) is 113 Å². The van der Waals surface area contributed by atoms with E-state index in [0.717, 1.165) is 37.7 Å². The highest BCUT2D eigenvalue weighted by molar-refractivity contribution is 6.24. The number of benzene rings is 2. The molecule has 5 aliphatic rings. The van der Waals surface area contributed by atoms with Crippen LogP contribution < -0.4 is 14.4 Å². The van der Waals surface area contributed by atoms with Gasteiger partial charge in [0, 0.05) is 29.7 Å². The molecule has 4 fully saturated rings. The number of rotatable bonds is 5. The van der Waals surface area contributed by atoms with Crippen LogP contribution in [0.1, 0.15) is 63.4 Å². The standard InChI is InChI=1S/C35H38N2O7/c1-35-25(32(40)37(34(35)42)20-12-8-5-9-13-20)18-24-22(30(35)29-26(43-2)16-21(38)17-27(29)44-3)14-15-23-28(24)33(41)36(31(23)39)19-10-6-4-7-11-19/h5,8-9,12-14,16-17,19,23-25,28,30,38H,4,6-7,10-11,15,18H2,1-3H3/t23-,24+,25-,28-,30+,35+/m0/s1. The van der Waals surface area contributed by atoms with Crippen LogP contribution in [-0.2, 0) is 19.2 Å². The zero-order valence-corrected chi connectivity index (χ0v) is 25.3. The fraction of sp³-hybridized carbons (Fsp3) is 0.486. The molecule has 4 amide bonds. The van der Waals surface area contributed by atoms with Crippen LogP contribution in [-0.4, -0.2) is 53.9 Å². The lowest BCUT2D eigenvalue weighted by molar-refractivity contribution is -0.144. The molecule has 2 saturated carbocycles. The number of hydrogen-bond acceptors (Lipinski definition) is 7. The van der Waals surface area contributed by atoms with E-state index in [2.05, 4.69) is 0 Å². The Hall–Kier alpha value is -4.14. The fourth-order valence-electron chi connectivity index (χ4n) is 9.08. The lowest BCUT2D eigenvalue weighted by Crippen LogP contribution is -2.49. The number of anilines is 1. The van der Waals surface area contributed by atoms with Crippen LogP contribution in [0.3, 0.4) is 0 Å². The smallest absolute Gasteiger partial charge is 0.241 e. The molecule has 0 bridgehead atoms. The average Bonchev–Trinajstić information content (AvgIpc) is 3.41. The lowest BCUT2D eigenvalue weighted by Gasteiger charge is -2.49. The van der Waals surface area contributed by atoms with E-state index in [1.165, 1.54) is 31.3 Å². The SMILES string of the molecule is COc1cc(O)cc(OC)c1[C@H]1C2=CC[C@@H]3C(=O)N(C4CCCCC4)C(=O)[C@@H]3[C@@H]2C[C@H]2C(=O)N(c3ccccc3)C(=O)[C@@]12C. The van der Waals surface area contributed by atoms with E-state index in [0.29, 0.717) is 29.2 Å². The fourth-order valence-corrected chi connectivity index (χ4v) is 9.08. The number of carbonyl (C=O) groups excluding carboxylic acids is 4. The molecule has 1 N–H and O–H groups in total. The summed E-state index contributed by atoms with van der Waals surface area (Å²) in [5.41, 5.74) is 0.655. The molecule has 2 aromatic carbocycles. The number of carbonyl (C=O) groups is 4. The van der Waals surface area contributed by atoms with E-state index < -0.39 is 35.0 Å². The summed E-state index contributed by atoms with van der Waals surface area (Å²) in [4.78, 5) is 59.9. The van der Waals surface area contributed by atoms with Crippen LogP contribution in [0.15, 0.2) is 54.1 Å². The van der Waals surface area contributed by atoms with Gasteiger partial charge in [-0.15, -0.1) is 0 Å². The monoisotopic (exact) mass is 598 g/mol. The van der Waals surface area contributed by atoms with Gasteiger partial charge in [-0.3, -0.25) is 24.1 Å². The van der Waals surface area contributed by atoms with Gasteiger partial charge in [0.2, 0.25) is 23.6 Å². The van der Waals surface area contributed by atoms with Crippen LogP contribution in [0, 0.1) is 29.1 Å². The number of amides is 4. The number of aromatic hydroxyl groups is 1. The first-order chi connectivity index (χ1) is 21.2. The number of methoxy groups -OCH3 is 2. The first-order valence-electron chi connectivity index (χ1n) is 15.7. The molecule has 0 radical (unpaired) electrons. The molecular weight excluding hydrogens is 560 g/mol. The Morgan fingerprint density at radius 1 is 0.864 bits per heavy atom. The highest BCUT2D eigenvalue weighted by Gasteiger charge is 2.68. The Morgan fingerprint density at radius 3 is 2.16 bits per heavy atom. The summed E-state index contributed by atoms with van der Waals surface area (Å²) in [5.74, 6) is -3.26. The van der Waals surface area contributed by atoms with E-state index in [-0.39, 0.29) is 41.8 Å². The second-order valence-electron chi connectivity index (χ2n) is 13.1. The van der Waals surface area contributed by atoms with Crippen molar-refractivity contribution in [3.63, 3.8) is 0 Å². The molecule has 0 spiro atoms. The molecule has 0 unspecified atom stereocenters. The van der Waals surface area contributed by atoms with Gasteiger partial charge in [0.15, 0.2) is 0 Å². The van der Waals surface area contributed by atoms with Crippen molar-refractivity contribution in [3.8, 4) is 17.2 Å². The van der Waals surface area contributed by atoms with Crippen molar-refractivity contribution in [1.82, 2.24) is 4.90 Å². The van der Waals surface area contributed by atoms with Gasteiger partial charge in [0.1, 0.15) is 17.2 Å². The molecule has 0 aromatic heterocycles. The highest BCUT2D eigenvalue weighted by atomic mass is 16.5. The van der Waals surface area contributed by atoms with Crippen molar-refractivity contribution in [1.29, 1.82) is 0 Å². The Kier molecular flexibility index (Phi) is 6.83. The molecule has 2 heterocycles. The average molecular weight is 599 g/mol. The van der Waals surface area contributed by atoms with E-state index in [9.17, 15) is 24.3 Å². The van der Waals surface area contributed by atoms with Crippen LogP contribution in [0.4, 0.5) is 5.69 Å². The summed E-state index contributed by atoms with van der Waals surface area (Å²) in [7, 11) is 2.98. The maximum absolute atomic E-state index is 14.6. The molecule has 2 aliphatic heterocycles. The number of hydrogen-bond donors (Lipinski definition) is 1. The predicted octanol–water partition coefficient (Wildman–Crippen LogP) is 4.97. The van der Waals surface area contributed by atoms with Gasteiger partial charge in [-0.2, -0.15) is 0 Å². The second kappa shape index (κ2) is 10.5. The Balaban J connectivity index is 1.40.